The summed E-state index contributed by atoms with van der Waals surface area (Å²) in [7, 11) is 0. The van der Waals surface area contributed by atoms with Gasteiger partial charge in [-0.15, -0.1) is 0 Å². The van der Waals surface area contributed by atoms with Crippen LogP contribution in [0.15, 0.2) is 0 Å². The molecule has 1 fully saturated rings. The highest BCUT2D eigenvalue weighted by Crippen LogP contribution is 2.16. The van der Waals surface area contributed by atoms with Crippen LogP contribution in [0.3, 0.4) is 0 Å². The zero-order valence-corrected chi connectivity index (χ0v) is 6.48. The Labute approximate surface area is 57.8 Å². The van der Waals surface area contributed by atoms with Gasteiger partial charge < -0.3 is 5.32 Å². The number of hydrogen-bond donors (Lipinski definition) is 1. The minimum absolute atomic E-state index is 0.829. The van der Waals surface area contributed by atoms with Gasteiger partial charge in [0, 0.05) is 6.04 Å². The molecule has 0 saturated carbocycles. The highest BCUT2D eigenvalue weighted by Gasteiger charge is 2.18. The van der Waals surface area contributed by atoms with E-state index >= 15 is 0 Å². The van der Waals surface area contributed by atoms with Crippen LogP contribution in [0.5, 0.6) is 0 Å². The summed E-state index contributed by atoms with van der Waals surface area (Å²) in [4.78, 5) is 0. The Bertz CT molecular complexity index is 74.6. The minimum Gasteiger partial charge on any atom is -0.314 e. The molecule has 0 aromatic heterocycles. The third kappa shape index (κ3) is 1.68. The largest absolute Gasteiger partial charge is 0.314 e. The van der Waals surface area contributed by atoms with Crippen molar-refractivity contribution in [3.8, 4) is 0 Å². The predicted octanol–water partition coefficient (Wildman–Crippen LogP) is 1.78. The lowest BCUT2D eigenvalue weighted by atomic mass is 9.98. The van der Waals surface area contributed by atoms with E-state index in [0.717, 1.165) is 12.0 Å². The van der Waals surface area contributed by atoms with Crippen molar-refractivity contribution in [1.29, 1.82) is 0 Å². The summed E-state index contributed by atoms with van der Waals surface area (Å²) in [6.07, 6.45) is 4.10. The van der Waals surface area contributed by atoms with Crippen molar-refractivity contribution in [3.63, 3.8) is 0 Å². The van der Waals surface area contributed by atoms with E-state index < -0.39 is 0 Å². The second-order valence-corrected chi connectivity index (χ2v) is 3.09. The molecular weight excluding hydrogens is 110 g/mol. The fraction of sp³-hybridized carbons (Fsp3) is 1.00. The van der Waals surface area contributed by atoms with Crippen LogP contribution in [-0.4, -0.2) is 12.6 Å². The van der Waals surface area contributed by atoms with E-state index in [0.29, 0.717) is 0 Å². The average Bonchev–Trinajstić information content (AvgIpc) is 2.37. The summed E-state index contributed by atoms with van der Waals surface area (Å²) >= 11 is 0. The van der Waals surface area contributed by atoms with Crippen molar-refractivity contribution in [1.82, 2.24) is 5.32 Å². The molecular formula is C8H17N. The van der Waals surface area contributed by atoms with Gasteiger partial charge in [-0.2, -0.15) is 0 Å². The molecule has 1 nitrogen and oxygen atoms in total. The molecule has 0 unspecified atom stereocenters. The van der Waals surface area contributed by atoms with Crippen molar-refractivity contribution in [3.05, 3.63) is 0 Å². The fourth-order valence-corrected chi connectivity index (χ4v) is 1.48. The third-order valence-corrected chi connectivity index (χ3v) is 2.43. The average molecular weight is 127 g/mol. The van der Waals surface area contributed by atoms with Crippen molar-refractivity contribution < 1.29 is 0 Å². The Morgan fingerprint density at radius 1 is 1.67 bits per heavy atom. The molecule has 0 aliphatic carbocycles. The lowest BCUT2D eigenvalue weighted by molar-refractivity contribution is 0.409. The summed E-state index contributed by atoms with van der Waals surface area (Å²) in [5.74, 6) is 0.882. The Morgan fingerprint density at radius 3 is 2.89 bits per heavy atom. The molecule has 1 N–H and O–H groups in total. The first-order valence-electron chi connectivity index (χ1n) is 4.08. The Morgan fingerprint density at radius 2 is 2.44 bits per heavy atom. The molecule has 0 aromatic carbocycles. The maximum atomic E-state index is 3.51. The molecule has 1 rings (SSSR count). The van der Waals surface area contributed by atoms with Crippen LogP contribution in [0.4, 0.5) is 0 Å². The molecule has 54 valence electrons. The van der Waals surface area contributed by atoms with Gasteiger partial charge in [-0.25, -0.2) is 0 Å². The number of nitrogens with one attached hydrogen (secondary N) is 1. The van der Waals surface area contributed by atoms with E-state index in [1.54, 1.807) is 0 Å². The van der Waals surface area contributed by atoms with Crippen molar-refractivity contribution in [2.45, 2.75) is 39.2 Å². The first-order chi connectivity index (χ1) is 4.34. The van der Waals surface area contributed by atoms with Gasteiger partial charge in [-0.3, -0.25) is 0 Å². The zero-order valence-electron chi connectivity index (χ0n) is 6.48. The first kappa shape index (κ1) is 7.07. The standard InChI is InChI=1S/C8H17N/c1-3-7(2)8-5-4-6-9-8/h7-9H,3-6H2,1-2H3/t7-,8-/m1/s1. The van der Waals surface area contributed by atoms with E-state index in [9.17, 15) is 0 Å². The molecule has 0 aromatic rings. The molecule has 9 heavy (non-hydrogen) atoms. The third-order valence-electron chi connectivity index (χ3n) is 2.43. The van der Waals surface area contributed by atoms with Crippen LogP contribution in [0, 0.1) is 5.92 Å². The highest BCUT2D eigenvalue weighted by atomic mass is 14.9. The molecule has 1 heterocycles. The number of rotatable bonds is 2. The Balaban J connectivity index is 2.24. The van der Waals surface area contributed by atoms with Gasteiger partial charge in [0.15, 0.2) is 0 Å². The van der Waals surface area contributed by atoms with Crippen molar-refractivity contribution in [2.75, 3.05) is 6.54 Å². The van der Waals surface area contributed by atoms with E-state index in [2.05, 4.69) is 19.2 Å². The Hall–Kier alpha value is -0.0400. The van der Waals surface area contributed by atoms with Gasteiger partial charge in [0.25, 0.3) is 0 Å². The Kier molecular flexibility index (Phi) is 2.52. The maximum absolute atomic E-state index is 3.51. The smallest absolute Gasteiger partial charge is 0.00930 e. The van der Waals surface area contributed by atoms with Crippen LogP contribution in [0.2, 0.25) is 0 Å². The van der Waals surface area contributed by atoms with E-state index in [-0.39, 0.29) is 0 Å². The van der Waals surface area contributed by atoms with Crippen LogP contribution >= 0.6 is 0 Å². The van der Waals surface area contributed by atoms with Crippen molar-refractivity contribution >= 4 is 0 Å². The van der Waals surface area contributed by atoms with Gasteiger partial charge in [-0.05, 0) is 25.3 Å². The minimum atomic E-state index is 0.829. The van der Waals surface area contributed by atoms with E-state index in [1.165, 1.54) is 25.8 Å². The molecule has 0 spiro atoms. The van der Waals surface area contributed by atoms with Crippen LogP contribution in [0.25, 0.3) is 0 Å². The van der Waals surface area contributed by atoms with Gasteiger partial charge in [0.2, 0.25) is 0 Å². The zero-order chi connectivity index (χ0) is 6.69. The van der Waals surface area contributed by atoms with Gasteiger partial charge >= 0.3 is 0 Å². The molecule has 0 bridgehead atoms. The van der Waals surface area contributed by atoms with Gasteiger partial charge in [0.1, 0.15) is 0 Å². The quantitative estimate of drug-likeness (QED) is 0.596. The molecule has 2 atom stereocenters. The molecule has 1 heteroatoms. The van der Waals surface area contributed by atoms with Crippen LogP contribution in [-0.2, 0) is 0 Å². The van der Waals surface area contributed by atoms with Crippen LogP contribution < -0.4 is 5.32 Å². The number of hydrogen-bond acceptors (Lipinski definition) is 1. The normalized spacial score (nSPS) is 30.7. The van der Waals surface area contributed by atoms with Crippen molar-refractivity contribution in [2.24, 2.45) is 5.92 Å². The van der Waals surface area contributed by atoms with Gasteiger partial charge in [-0.1, -0.05) is 20.3 Å². The molecule has 0 amide bonds. The monoisotopic (exact) mass is 127 g/mol. The summed E-state index contributed by atoms with van der Waals surface area (Å²) in [6.45, 7) is 5.85. The highest BCUT2D eigenvalue weighted by molar-refractivity contribution is 4.77. The second-order valence-electron chi connectivity index (χ2n) is 3.09. The van der Waals surface area contributed by atoms with Crippen LogP contribution in [0.1, 0.15) is 33.1 Å². The maximum Gasteiger partial charge on any atom is 0.00930 e. The fourth-order valence-electron chi connectivity index (χ4n) is 1.48. The molecule has 1 saturated heterocycles. The second kappa shape index (κ2) is 3.21. The SMILES string of the molecule is CC[C@@H](C)[C@H]1CCCN1. The van der Waals surface area contributed by atoms with Gasteiger partial charge in [0.05, 0.1) is 0 Å². The predicted molar refractivity (Wildman–Crippen MR) is 40.5 cm³/mol. The first-order valence-corrected chi connectivity index (χ1v) is 4.08. The lowest BCUT2D eigenvalue weighted by Gasteiger charge is -2.16. The summed E-state index contributed by atoms with van der Waals surface area (Å²) in [5, 5.41) is 3.51. The summed E-state index contributed by atoms with van der Waals surface area (Å²) in [5.41, 5.74) is 0. The topological polar surface area (TPSA) is 12.0 Å². The van der Waals surface area contributed by atoms with E-state index in [4.69, 9.17) is 0 Å². The molecule has 1 aliphatic heterocycles. The molecule has 1 aliphatic rings. The summed E-state index contributed by atoms with van der Waals surface area (Å²) < 4.78 is 0. The van der Waals surface area contributed by atoms with E-state index in [1.807, 2.05) is 0 Å². The molecule has 0 radical (unpaired) electrons. The lowest BCUT2D eigenvalue weighted by Crippen LogP contribution is -2.27. The summed E-state index contributed by atoms with van der Waals surface area (Å²) in [6, 6.07) is 0.829.